The second-order valence-electron chi connectivity index (χ2n) is 5.17. The maximum Gasteiger partial charge on any atom is 0.152 e. The number of aromatic nitrogens is 2. The van der Waals surface area contributed by atoms with Gasteiger partial charge in [-0.05, 0) is 19.3 Å². The molecule has 0 amide bonds. The molecule has 2 fully saturated rings. The summed E-state index contributed by atoms with van der Waals surface area (Å²) in [6.07, 6.45) is 2.88. The summed E-state index contributed by atoms with van der Waals surface area (Å²) in [6.45, 7) is 1.19. The molecule has 0 radical (unpaired) electrons. The third-order valence-electron chi connectivity index (χ3n) is 3.52. The molecule has 19 heavy (non-hydrogen) atoms. The molecule has 5 nitrogen and oxygen atoms in total. The van der Waals surface area contributed by atoms with Crippen LogP contribution >= 0.6 is 11.6 Å². The van der Waals surface area contributed by atoms with Crippen LogP contribution < -0.4 is 4.90 Å². The zero-order valence-electron chi connectivity index (χ0n) is 10.5. The Hall–Kier alpha value is -0.880. The SMILES string of the molecule is O=S1(=O)CCCN(c2cc(Cl)nc(C3CC3)n2)CC1. The van der Waals surface area contributed by atoms with Gasteiger partial charge in [0.15, 0.2) is 9.84 Å². The van der Waals surface area contributed by atoms with Crippen LogP contribution in [0.15, 0.2) is 6.07 Å². The van der Waals surface area contributed by atoms with Gasteiger partial charge in [-0.25, -0.2) is 18.4 Å². The largest absolute Gasteiger partial charge is 0.355 e. The molecule has 1 saturated carbocycles. The van der Waals surface area contributed by atoms with Crippen LogP contribution in [-0.4, -0.2) is 43.0 Å². The lowest BCUT2D eigenvalue weighted by molar-refractivity contribution is 0.597. The maximum absolute atomic E-state index is 11.6. The minimum Gasteiger partial charge on any atom is -0.355 e. The molecule has 1 aliphatic heterocycles. The number of anilines is 1. The van der Waals surface area contributed by atoms with Crippen molar-refractivity contribution in [2.45, 2.75) is 25.2 Å². The zero-order valence-corrected chi connectivity index (χ0v) is 12.1. The Morgan fingerprint density at radius 2 is 2.00 bits per heavy atom. The van der Waals surface area contributed by atoms with Crippen molar-refractivity contribution in [3.8, 4) is 0 Å². The van der Waals surface area contributed by atoms with Gasteiger partial charge in [0, 0.05) is 25.1 Å². The second-order valence-corrected chi connectivity index (χ2v) is 7.86. The lowest BCUT2D eigenvalue weighted by atomic mass is 10.3. The minimum absolute atomic E-state index is 0.188. The Morgan fingerprint density at radius 1 is 1.21 bits per heavy atom. The molecule has 1 aromatic heterocycles. The van der Waals surface area contributed by atoms with Gasteiger partial charge in [-0.3, -0.25) is 0 Å². The Balaban J connectivity index is 1.84. The van der Waals surface area contributed by atoms with E-state index in [0.717, 1.165) is 24.5 Å². The fourth-order valence-electron chi connectivity index (χ4n) is 2.28. The fraction of sp³-hybridized carbons (Fsp3) is 0.667. The second kappa shape index (κ2) is 4.90. The summed E-state index contributed by atoms with van der Waals surface area (Å²) in [6, 6.07) is 1.73. The van der Waals surface area contributed by atoms with Crippen LogP contribution in [0.4, 0.5) is 5.82 Å². The Kier molecular flexibility index (Phi) is 3.39. The van der Waals surface area contributed by atoms with Crippen molar-refractivity contribution in [3.05, 3.63) is 17.0 Å². The summed E-state index contributed by atoms with van der Waals surface area (Å²) in [4.78, 5) is 10.8. The summed E-state index contributed by atoms with van der Waals surface area (Å²) in [5.74, 6) is 2.45. The lowest BCUT2D eigenvalue weighted by Gasteiger charge is -2.21. The third kappa shape index (κ3) is 3.17. The quantitative estimate of drug-likeness (QED) is 0.777. The van der Waals surface area contributed by atoms with Crippen LogP contribution in [0.1, 0.15) is 31.0 Å². The molecule has 0 atom stereocenters. The lowest BCUT2D eigenvalue weighted by Crippen LogP contribution is -2.28. The first-order chi connectivity index (χ1) is 9.03. The zero-order chi connectivity index (χ0) is 13.5. The molecular weight excluding hydrogens is 286 g/mol. The molecule has 0 spiro atoms. The molecule has 104 valence electrons. The number of halogens is 1. The van der Waals surface area contributed by atoms with E-state index in [0.29, 0.717) is 30.6 Å². The van der Waals surface area contributed by atoms with Gasteiger partial charge in [-0.1, -0.05) is 11.6 Å². The predicted molar refractivity (Wildman–Crippen MR) is 74.5 cm³/mol. The third-order valence-corrected chi connectivity index (χ3v) is 5.43. The summed E-state index contributed by atoms with van der Waals surface area (Å²) >= 11 is 6.04. The van der Waals surface area contributed by atoms with Crippen LogP contribution in [0, 0.1) is 0 Å². The first-order valence-corrected chi connectivity index (χ1v) is 8.73. The molecule has 0 N–H and O–H groups in total. The molecule has 2 aliphatic rings. The number of rotatable bonds is 2. The van der Waals surface area contributed by atoms with E-state index < -0.39 is 9.84 Å². The Morgan fingerprint density at radius 3 is 2.74 bits per heavy atom. The highest BCUT2D eigenvalue weighted by atomic mass is 35.5. The van der Waals surface area contributed by atoms with E-state index in [9.17, 15) is 8.42 Å². The number of sulfone groups is 1. The highest BCUT2D eigenvalue weighted by molar-refractivity contribution is 7.91. The van der Waals surface area contributed by atoms with Gasteiger partial charge in [-0.15, -0.1) is 0 Å². The van der Waals surface area contributed by atoms with Crippen molar-refractivity contribution in [1.29, 1.82) is 0 Å². The maximum atomic E-state index is 11.6. The molecule has 0 aromatic carbocycles. The van der Waals surface area contributed by atoms with Gasteiger partial charge >= 0.3 is 0 Å². The highest BCUT2D eigenvalue weighted by Gasteiger charge is 2.28. The highest BCUT2D eigenvalue weighted by Crippen LogP contribution is 2.39. The van der Waals surface area contributed by atoms with E-state index >= 15 is 0 Å². The Bertz CT molecular complexity index is 587. The molecule has 0 bridgehead atoms. The molecule has 1 aromatic rings. The standard InChI is InChI=1S/C12H16ClN3O2S/c13-10-8-11(15-12(14-10)9-2-3-9)16-4-1-6-19(17,18)7-5-16/h8-9H,1-7H2. The van der Waals surface area contributed by atoms with Crippen molar-refractivity contribution in [3.63, 3.8) is 0 Å². The van der Waals surface area contributed by atoms with E-state index in [2.05, 4.69) is 9.97 Å². The average Bonchev–Trinajstić information content (AvgIpc) is 3.15. The van der Waals surface area contributed by atoms with Gasteiger partial charge in [0.25, 0.3) is 0 Å². The van der Waals surface area contributed by atoms with Crippen molar-refractivity contribution < 1.29 is 8.42 Å². The molecule has 1 saturated heterocycles. The van der Waals surface area contributed by atoms with Crippen LogP contribution in [0.5, 0.6) is 0 Å². The molecule has 2 heterocycles. The first-order valence-electron chi connectivity index (χ1n) is 6.53. The van der Waals surface area contributed by atoms with Crippen molar-refractivity contribution >= 4 is 27.3 Å². The summed E-state index contributed by atoms with van der Waals surface area (Å²) in [5.41, 5.74) is 0. The number of nitrogens with zero attached hydrogens (tertiary/aromatic N) is 3. The topological polar surface area (TPSA) is 63.2 Å². The molecular formula is C12H16ClN3O2S. The number of hydrogen-bond acceptors (Lipinski definition) is 5. The monoisotopic (exact) mass is 301 g/mol. The van der Waals surface area contributed by atoms with E-state index in [1.54, 1.807) is 6.07 Å². The van der Waals surface area contributed by atoms with Gasteiger partial charge in [0.1, 0.15) is 16.8 Å². The normalized spacial score (nSPS) is 23.1. The van der Waals surface area contributed by atoms with Crippen molar-refractivity contribution in [1.82, 2.24) is 9.97 Å². The van der Waals surface area contributed by atoms with Crippen LogP contribution in [0.25, 0.3) is 0 Å². The summed E-state index contributed by atoms with van der Waals surface area (Å²) < 4.78 is 23.2. The van der Waals surface area contributed by atoms with Crippen LogP contribution in [0.2, 0.25) is 5.15 Å². The van der Waals surface area contributed by atoms with Gasteiger partial charge in [-0.2, -0.15) is 0 Å². The first kappa shape index (κ1) is 13.1. The van der Waals surface area contributed by atoms with Crippen molar-refractivity contribution in [2.75, 3.05) is 29.5 Å². The molecule has 7 heteroatoms. The van der Waals surface area contributed by atoms with Crippen molar-refractivity contribution in [2.24, 2.45) is 0 Å². The smallest absolute Gasteiger partial charge is 0.152 e. The van der Waals surface area contributed by atoms with Crippen LogP contribution in [-0.2, 0) is 9.84 Å². The fourth-order valence-corrected chi connectivity index (χ4v) is 3.73. The van der Waals surface area contributed by atoms with Gasteiger partial charge in [0.05, 0.1) is 11.5 Å². The van der Waals surface area contributed by atoms with E-state index in [1.165, 1.54) is 0 Å². The molecule has 1 aliphatic carbocycles. The predicted octanol–water partition coefficient (Wildman–Crippen LogP) is 1.63. The molecule has 3 rings (SSSR count). The Labute approximate surface area is 117 Å². The van der Waals surface area contributed by atoms with Gasteiger partial charge < -0.3 is 4.90 Å². The number of hydrogen-bond donors (Lipinski definition) is 0. The minimum atomic E-state index is -2.90. The molecule has 0 unspecified atom stereocenters. The average molecular weight is 302 g/mol. The van der Waals surface area contributed by atoms with Crippen LogP contribution in [0.3, 0.4) is 0 Å². The van der Waals surface area contributed by atoms with E-state index in [1.807, 2.05) is 4.90 Å². The summed E-state index contributed by atoms with van der Waals surface area (Å²) in [5, 5.41) is 0.444. The van der Waals surface area contributed by atoms with E-state index in [-0.39, 0.29) is 11.5 Å². The van der Waals surface area contributed by atoms with E-state index in [4.69, 9.17) is 11.6 Å². The van der Waals surface area contributed by atoms with Gasteiger partial charge in [0.2, 0.25) is 0 Å². The summed E-state index contributed by atoms with van der Waals surface area (Å²) in [7, 11) is -2.90.